The summed E-state index contributed by atoms with van der Waals surface area (Å²) in [5, 5.41) is 4.10. The maximum Gasteiger partial charge on any atom is 0.416 e. The topological polar surface area (TPSA) is 85.2 Å². The van der Waals surface area contributed by atoms with Gasteiger partial charge in [-0.25, -0.2) is 19.2 Å². The van der Waals surface area contributed by atoms with Crippen LogP contribution in [0.25, 0.3) is 5.69 Å². The number of hydrogen-bond acceptors (Lipinski definition) is 6. The van der Waals surface area contributed by atoms with E-state index >= 15 is 0 Å². The molecular weight excluding hydrogens is 471 g/mol. The number of aromatic nitrogens is 4. The second-order valence-corrected chi connectivity index (χ2v) is 10.6. The van der Waals surface area contributed by atoms with Crippen molar-refractivity contribution >= 4 is 29.5 Å². The van der Waals surface area contributed by atoms with E-state index in [0.717, 1.165) is 34.8 Å². The van der Waals surface area contributed by atoms with Crippen molar-refractivity contribution < 1.29 is 13.9 Å². The van der Waals surface area contributed by atoms with Gasteiger partial charge in [-0.2, -0.15) is 4.98 Å². The molecule has 5 rings (SSSR count). The third kappa shape index (κ3) is 4.45. The van der Waals surface area contributed by atoms with E-state index in [0.29, 0.717) is 11.8 Å². The minimum absolute atomic E-state index is 0.00855. The molecule has 0 spiro atoms. The predicted octanol–water partition coefficient (Wildman–Crippen LogP) is 5.40. The standard InChI is InChI=1S/C25H28ClFN6O2/c1-15(27)19-13-35-23(34)33(19)21-7-10-28-22(30-21)31-25(8-9-25)20-12-32(14-29-20)16-5-6-17(18(26)11-16)24(2,3)4/h5-7,10-12,14-15,19H,8-9,13H2,1-4H3,(H,28,30,31)/t15-,19+/m0/s1. The second-order valence-electron chi connectivity index (χ2n) is 10.2. The van der Waals surface area contributed by atoms with Crippen LogP contribution in [0.4, 0.5) is 21.0 Å². The number of ether oxygens (including phenoxy) is 1. The fourth-order valence-corrected chi connectivity index (χ4v) is 4.81. The van der Waals surface area contributed by atoms with Gasteiger partial charge in [-0.15, -0.1) is 0 Å². The molecule has 0 radical (unpaired) electrons. The molecule has 2 fully saturated rings. The molecule has 8 nitrogen and oxygen atoms in total. The zero-order valence-electron chi connectivity index (χ0n) is 20.1. The first-order valence-electron chi connectivity index (χ1n) is 11.6. The Morgan fingerprint density at radius 2 is 2.03 bits per heavy atom. The van der Waals surface area contributed by atoms with Gasteiger partial charge >= 0.3 is 6.09 Å². The molecule has 2 aliphatic rings. The zero-order chi connectivity index (χ0) is 25.0. The van der Waals surface area contributed by atoms with Gasteiger partial charge in [0.15, 0.2) is 0 Å². The lowest BCUT2D eigenvalue weighted by Crippen LogP contribution is -2.39. The zero-order valence-corrected chi connectivity index (χ0v) is 20.9. The Bertz CT molecular complexity index is 1270. The highest BCUT2D eigenvalue weighted by Crippen LogP contribution is 2.47. The Morgan fingerprint density at radius 3 is 2.69 bits per heavy atom. The maximum absolute atomic E-state index is 14.0. The maximum atomic E-state index is 14.0. The quantitative estimate of drug-likeness (QED) is 0.490. The number of halogens is 2. The lowest BCUT2D eigenvalue weighted by Gasteiger charge is -2.22. The van der Waals surface area contributed by atoms with Crippen molar-refractivity contribution in [2.75, 3.05) is 16.8 Å². The molecule has 35 heavy (non-hydrogen) atoms. The average Bonchev–Trinajstić information content (AvgIpc) is 3.21. The van der Waals surface area contributed by atoms with Gasteiger partial charge in [-0.1, -0.05) is 38.4 Å². The van der Waals surface area contributed by atoms with Crippen LogP contribution in [0.2, 0.25) is 5.02 Å². The Labute approximate surface area is 208 Å². The van der Waals surface area contributed by atoms with Crippen molar-refractivity contribution in [3.8, 4) is 5.69 Å². The molecule has 3 heterocycles. The third-order valence-corrected chi connectivity index (χ3v) is 6.87. The SMILES string of the molecule is C[C@H](F)[C@H]1COC(=O)N1c1ccnc(NC2(c3cn(-c4ccc(C(C)(C)C)c(Cl)c4)cn3)CC2)n1. The van der Waals surface area contributed by atoms with Crippen molar-refractivity contribution in [1.82, 2.24) is 19.5 Å². The summed E-state index contributed by atoms with van der Waals surface area (Å²) in [7, 11) is 0. The summed E-state index contributed by atoms with van der Waals surface area (Å²) in [5.41, 5.74) is 2.43. The molecule has 1 saturated heterocycles. The molecule has 1 N–H and O–H groups in total. The predicted molar refractivity (Wildman–Crippen MR) is 132 cm³/mol. The highest BCUT2D eigenvalue weighted by atomic mass is 35.5. The van der Waals surface area contributed by atoms with Crippen LogP contribution < -0.4 is 10.2 Å². The number of rotatable bonds is 6. The molecule has 2 aromatic heterocycles. The molecule has 1 aromatic carbocycles. The number of benzene rings is 1. The first kappa shape index (κ1) is 23.5. The van der Waals surface area contributed by atoms with Crippen LogP contribution in [0, 0.1) is 0 Å². The van der Waals surface area contributed by atoms with Gasteiger partial charge in [0, 0.05) is 23.1 Å². The summed E-state index contributed by atoms with van der Waals surface area (Å²) in [6.07, 6.45) is 5.14. The molecule has 1 aliphatic heterocycles. The van der Waals surface area contributed by atoms with Crippen LogP contribution >= 0.6 is 11.6 Å². The van der Waals surface area contributed by atoms with Crippen molar-refractivity contribution in [3.05, 3.63) is 59.3 Å². The molecule has 184 valence electrons. The fourth-order valence-electron chi connectivity index (χ4n) is 4.35. The Balaban J connectivity index is 1.37. The molecular formula is C25H28ClFN6O2. The first-order chi connectivity index (χ1) is 16.6. The summed E-state index contributed by atoms with van der Waals surface area (Å²) in [6.45, 7) is 7.79. The monoisotopic (exact) mass is 498 g/mol. The molecule has 1 saturated carbocycles. The molecule has 0 unspecified atom stereocenters. The van der Waals surface area contributed by atoms with E-state index in [9.17, 15) is 9.18 Å². The fraction of sp³-hybridized carbons (Fsp3) is 0.440. The van der Waals surface area contributed by atoms with E-state index in [4.69, 9.17) is 16.3 Å². The lowest BCUT2D eigenvalue weighted by atomic mass is 9.87. The minimum atomic E-state index is -1.25. The average molecular weight is 499 g/mol. The van der Waals surface area contributed by atoms with Crippen molar-refractivity contribution in [1.29, 1.82) is 0 Å². The van der Waals surface area contributed by atoms with E-state index in [-0.39, 0.29) is 12.0 Å². The molecule has 10 heteroatoms. The van der Waals surface area contributed by atoms with Crippen LogP contribution in [-0.4, -0.2) is 44.4 Å². The van der Waals surface area contributed by atoms with Crippen LogP contribution in [0.1, 0.15) is 51.8 Å². The van der Waals surface area contributed by atoms with E-state index in [1.165, 1.54) is 11.8 Å². The summed E-state index contributed by atoms with van der Waals surface area (Å²) < 4.78 is 21.0. The summed E-state index contributed by atoms with van der Waals surface area (Å²) >= 11 is 6.57. The molecule has 1 aliphatic carbocycles. The van der Waals surface area contributed by atoms with Crippen molar-refractivity contribution in [3.63, 3.8) is 0 Å². The number of alkyl halides is 1. The summed E-state index contributed by atoms with van der Waals surface area (Å²) in [5.74, 6) is 0.645. The number of amides is 1. The smallest absolute Gasteiger partial charge is 0.416 e. The normalized spacial score (nSPS) is 20.0. The Kier molecular flexibility index (Phi) is 5.70. The van der Waals surface area contributed by atoms with Gasteiger partial charge < -0.3 is 14.6 Å². The first-order valence-corrected chi connectivity index (χ1v) is 12.0. The molecule has 1 amide bonds. The van der Waals surface area contributed by atoms with Gasteiger partial charge in [0.2, 0.25) is 5.95 Å². The molecule has 2 atom stereocenters. The lowest BCUT2D eigenvalue weighted by molar-refractivity contribution is 0.174. The minimum Gasteiger partial charge on any atom is -0.447 e. The largest absolute Gasteiger partial charge is 0.447 e. The number of hydrogen-bond donors (Lipinski definition) is 1. The van der Waals surface area contributed by atoms with Gasteiger partial charge in [-0.05, 0) is 48.9 Å². The number of nitrogens with one attached hydrogen (secondary N) is 1. The van der Waals surface area contributed by atoms with Gasteiger partial charge in [-0.3, -0.25) is 4.90 Å². The number of carbonyl (C=O) groups excluding carboxylic acids is 1. The van der Waals surface area contributed by atoms with Gasteiger partial charge in [0.05, 0.1) is 17.6 Å². The highest BCUT2D eigenvalue weighted by Gasteiger charge is 2.47. The van der Waals surface area contributed by atoms with E-state index < -0.39 is 23.8 Å². The molecule has 3 aromatic rings. The van der Waals surface area contributed by atoms with Crippen LogP contribution in [0.15, 0.2) is 43.0 Å². The second kappa shape index (κ2) is 8.48. The van der Waals surface area contributed by atoms with Crippen LogP contribution in [-0.2, 0) is 15.7 Å². The van der Waals surface area contributed by atoms with Crippen molar-refractivity contribution in [2.24, 2.45) is 0 Å². The number of nitrogens with zero attached hydrogens (tertiary/aromatic N) is 5. The van der Waals surface area contributed by atoms with Gasteiger partial charge in [0.1, 0.15) is 24.6 Å². The third-order valence-electron chi connectivity index (χ3n) is 6.56. The summed E-state index contributed by atoms with van der Waals surface area (Å²) in [4.78, 5) is 26.9. The van der Waals surface area contributed by atoms with Crippen LogP contribution in [0.5, 0.6) is 0 Å². The number of anilines is 2. The molecule has 0 bridgehead atoms. The van der Waals surface area contributed by atoms with E-state index in [1.54, 1.807) is 18.6 Å². The summed E-state index contributed by atoms with van der Waals surface area (Å²) in [6, 6.07) is 6.90. The van der Waals surface area contributed by atoms with Gasteiger partial charge in [0.25, 0.3) is 0 Å². The van der Waals surface area contributed by atoms with Crippen LogP contribution in [0.3, 0.4) is 0 Å². The van der Waals surface area contributed by atoms with Crippen molar-refractivity contribution in [2.45, 2.75) is 63.7 Å². The highest BCUT2D eigenvalue weighted by molar-refractivity contribution is 6.31. The number of imidazole rings is 1. The van der Waals surface area contributed by atoms with E-state index in [1.807, 2.05) is 22.9 Å². The van der Waals surface area contributed by atoms with E-state index in [2.05, 4.69) is 47.1 Å². The Hall–Kier alpha value is -3.20. The number of carbonyl (C=O) groups is 1. The Morgan fingerprint density at radius 1 is 1.26 bits per heavy atom. The number of cyclic esters (lactones) is 1.